The number of fused-ring (bicyclic) bond motifs is 1. The molecule has 8 heteroatoms. The molecule has 0 fully saturated rings. The van der Waals surface area contributed by atoms with Crippen LogP contribution in [-0.2, 0) is 0 Å². The number of benzene rings is 2. The minimum atomic E-state index is -0.372. The lowest BCUT2D eigenvalue weighted by atomic mass is 10.0. The lowest BCUT2D eigenvalue weighted by Crippen LogP contribution is -2.13. The van der Waals surface area contributed by atoms with E-state index in [0.717, 1.165) is 22.4 Å². The molecule has 31 heavy (non-hydrogen) atoms. The van der Waals surface area contributed by atoms with Crippen LogP contribution in [0.2, 0.25) is 0 Å². The molecule has 150 valence electrons. The van der Waals surface area contributed by atoms with Gasteiger partial charge in [-0.15, -0.1) is 0 Å². The van der Waals surface area contributed by atoms with Gasteiger partial charge in [-0.05, 0) is 35.9 Å². The van der Waals surface area contributed by atoms with Crippen molar-refractivity contribution in [3.05, 3.63) is 91.3 Å². The minimum absolute atomic E-state index is 0.271. The molecule has 3 heterocycles. The first-order valence-electron chi connectivity index (χ1n) is 9.50. The Labute approximate surface area is 177 Å². The highest BCUT2D eigenvalue weighted by molar-refractivity contribution is 6.11. The highest BCUT2D eigenvalue weighted by Gasteiger charge is 2.16. The first-order valence-corrected chi connectivity index (χ1v) is 9.50. The van der Waals surface area contributed by atoms with Gasteiger partial charge in [-0.25, -0.2) is 4.98 Å². The summed E-state index contributed by atoms with van der Waals surface area (Å²) in [4.78, 5) is 25.0. The molecule has 0 aliphatic rings. The van der Waals surface area contributed by atoms with E-state index in [1.165, 1.54) is 18.6 Å². The molecule has 8 nitrogen and oxygen atoms in total. The number of rotatable bonds is 5. The van der Waals surface area contributed by atoms with Gasteiger partial charge < -0.3 is 10.1 Å². The quantitative estimate of drug-likeness (QED) is 0.445. The van der Waals surface area contributed by atoms with Crippen molar-refractivity contribution < 1.29 is 9.53 Å². The lowest BCUT2D eigenvalue weighted by Gasteiger charge is -2.08. The van der Waals surface area contributed by atoms with Crippen LogP contribution < -0.4 is 10.1 Å². The van der Waals surface area contributed by atoms with Crippen molar-refractivity contribution >= 4 is 22.6 Å². The van der Waals surface area contributed by atoms with Crippen LogP contribution in [0.4, 0.5) is 5.82 Å². The van der Waals surface area contributed by atoms with Crippen molar-refractivity contribution in [2.24, 2.45) is 0 Å². The van der Waals surface area contributed by atoms with Gasteiger partial charge in [0.2, 0.25) is 0 Å². The Morgan fingerprint density at radius 1 is 0.871 bits per heavy atom. The van der Waals surface area contributed by atoms with E-state index >= 15 is 0 Å². The number of hydrogen-bond acceptors (Lipinski definition) is 6. The number of para-hydroxylation sites is 1. The zero-order valence-electron chi connectivity index (χ0n) is 16.2. The number of carbonyl (C=O) groups is 1. The van der Waals surface area contributed by atoms with E-state index in [2.05, 4.69) is 30.5 Å². The summed E-state index contributed by atoms with van der Waals surface area (Å²) in [7, 11) is 0. The smallest absolute Gasteiger partial charge is 0.277 e. The predicted molar refractivity (Wildman–Crippen MR) is 116 cm³/mol. The van der Waals surface area contributed by atoms with Crippen LogP contribution in [0.5, 0.6) is 11.5 Å². The summed E-state index contributed by atoms with van der Waals surface area (Å²) < 4.78 is 5.88. The van der Waals surface area contributed by atoms with E-state index in [9.17, 15) is 4.79 Å². The number of carbonyl (C=O) groups excluding carboxylic acids is 1. The zero-order chi connectivity index (χ0) is 21.0. The molecule has 0 unspecified atom stereocenters. The Morgan fingerprint density at radius 3 is 2.61 bits per heavy atom. The maximum Gasteiger partial charge on any atom is 0.277 e. The van der Waals surface area contributed by atoms with Crippen molar-refractivity contribution in [2.45, 2.75) is 0 Å². The Bertz CT molecular complexity index is 1350. The second kappa shape index (κ2) is 8.03. The van der Waals surface area contributed by atoms with Crippen LogP contribution in [0.3, 0.4) is 0 Å². The standard InChI is InChI=1S/C23H16N6O2/c30-23(27-21-14-24-8-9-26-21)22-19-11-15(6-7-20(19)28-29-22)16-10-18(13-25-12-16)31-17-4-2-1-3-5-17/h1-14H,(H,28,29)(H,26,27,30). The molecule has 2 N–H and O–H groups in total. The van der Waals surface area contributed by atoms with Crippen molar-refractivity contribution in [1.29, 1.82) is 0 Å². The molecular weight excluding hydrogens is 392 g/mol. The van der Waals surface area contributed by atoms with Crippen molar-refractivity contribution in [3.63, 3.8) is 0 Å². The normalized spacial score (nSPS) is 10.7. The SMILES string of the molecule is O=C(Nc1cnccn1)c1n[nH]c2ccc(-c3cncc(Oc4ccccc4)c3)cc12. The van der Waals surface area contributed by atoms with Gasteiger partial charge in [0, 0.05) is 29.5 Å². The number of hydrogen-bond donors (Lipinski definition) is 2. The zero-order valence-corrected chi connectivity index (χ0v) is 16.2. The third-order valence-electron chi connectivity index (χ3n) is 4.61. The van der Waals surface area contributed by atoms with Crippen LogP contribution in [-0.4, -0.2) is 31.1 Å². The summed E-state index contributed by atoms with van der Waals surface area (Å²) in [5.41, 5.74) is 2.76. The number of ether oxygens (including phenoxy) is 1. The first-order chi connectivity index (χ1) is 15.3. The van der Waals surface area contributed by atoms with Crippen molar-refractivity contribution in [2.75, 3.05) is 5.32 Å². The second-order valence-corrected chi connectivity index (χ2v) is 6.70. The molecular formula is C23H16N6O2. The molecule has 5 rings (SSSR count). The van der Waals surface area contributed by atoms with Gasteiger partial charge in [0.15, 0.2) is 11.5 Å². The number of amides is 1. The van der Waals surface area contributed by atoms with Gasteiger partial charge in [-0.2, -0.15) is 5.10 Å². The van der Waals surface area contributed by atoms with Gasteiger partial charge in [0.1, 0.15) is 11.5 Å². The molecule has 0 aliphatic heterocycles. The number of H-pyrrole nitrogens is 1. The summed E-state index contributed by atoms with van der Waals surface area (Å²) in [5.74, 6) is 1.34. The number of anilines is 1. The van der Waals surface area contributed by atoms with Crippen molar-refractivity contribution in [1.82, 2.24) is 25.1 Å². The number of aromatic amines is 1. The Morgan fingerprint density at radius 2 is 1.77 bits per heavy atom. The predicted octanol–water partition coefficient (Wildman–Crippen LogP) is 4.46. The summed E-state index contributed by atoms with van der Waals surface area (Å²) in [5, 5.41) is 10.5. The van der Waals surface area contributed by atoms with Crippen LogP contribution in [0.1, 0.15) is 10.5 Å². The van der Waals surface area contributed by atoms with Crippen molar-refractivity contribution in [3.8, 4) is 22.6 Å². The Hall–Kier alpha value is -4.59. The number of aromatic nitrogens is 5. The van der Waals surface area contributed by atoms with Gasteiger partial charge in [0.25, 0.3) is 5.91 Å². The van der Waals surface area contributed by atoms with Gasteiger partial charge in [-0.1, -0.05) is 24.3 Å². The lowest BCUT2D eigenvalue weighted by molar-refractivity contribution is 0.102. The summed E-state index contributed by atoms with van der Waals surface area (Å²) in [6, 6.07) is 17.1. The monoisotopic (exact) mass is 408 g/mol. The molecule has 0 bridgehead atoms. The molecule has 2 aromatic carbocycles. The van der Waals surface area contributed by atoms with Crippen LogP contribution in [0.25, 0.3) is 22.0 Å². The molecule has 0 spiro atoms. The second-order valence-electron chi connectivity index (χ2n) is 6.70. The van der Waals surface area contributed by atoms with Crippen LogP contribution in [0, 0.1) is 0 Å². The third-order valence-corrected chi connectivity index (χ3v) is 4.61. The molecule has 1 amide bonds. The average molecular weight is 408 g/mol. The molecule has 3 aromatic heterocycles. The number of nitrogens with zero attached hydrogens (tertiary/aromatic N) is 4. The van der Waals surface area contributed by atoms with E-state index in [1.807, 2.05) is 54.6 Å². The largest absolute Gasteiger partial charge is 0.456 e. The fourth-order valence-corrected chi connectivity index (χ4v) is 3.16. The van der Waals surface area contributed by atoms with Crippen LogP contribution >= 0.6 is 0 Å². The van der Waals surface area contributed by atoms with Gasteiger partial charge >= 0.3 is 0 Å². The minimum Gasteiger partial charge on any atom is -0.456 e. The topological polar surface area (TPSA) is 106 Å². The molecule has 0 saturated carbocycles. The van der Waals surface area contributed by atoms with E-state index in [4.69, 9.17) is 4.74 Å². The van der Waals surface area contributed by atoms with Crippen LogP contribution in [0.15, 0.2) is 85.6 Å². The summed E-state index contributed by atoms with van der Waals surface area (Å²) in [6.45, 7) is 0. The fraction of sp³-hybridized carbons (Fsp3) is 0. The maximum absolute atomic E-state index is 12.7. The number of pyridine rings is 1. The highest BCUT2D eigenvalue weighted by atomic mass is 16.5. The molecule has 0 radical (unpaired) electrons. The number of nitrogens with one attached hydrogen (secondary N) is 2. The third kappa shape index (κ3) is 3.95. The summed E-state index contributed by atoms with van der Waals surface area (Å²) in [6.07, 6.45) is 7.93. The average Bonchev–Trinajstić information content (AvgIpc) is 3.24. The molecule has 0 atom stereocenters. The molecule has 5 aromatic rings. The van der Waals surface area contributed by atoms with Gasteiger partial charge in [0.05, 0.1) is 17.9 Å². The fourth-order valence-electron chi connectivity index (χ4n) is 3.16. The Kier molecular flexibility index (Phi) is 4.78. The van der Waals surface area contributed by atoms with E-state index in [1.54, 1.807) is 12.4 Å². The van der Waals surface area contributed by atoms with Gasteiger partial charge in [-0.3, -0.25) is 19.9 Å². The van der Waals surface area contributed by atoms with E-state index in [0.29, 0.717) is 17.0 Å². The van der Waals surface area contributed by atoms with E-state index < -0.39 is 0 Å². The first kappa shape index (κ1) is 18.4. The highest BCUT2D eigenvalue weighted by Crippen LogP contribution is 2.29. The molecule has 0 saturated heterocycles. The summed E-state index contributed by atoms with van der Waals surface area (Å²) >= 11 is 0. The molecule has 0 aliphatic carbocycles. The van der Waals surface area contributed by atoms with E-state index in [-0.39, 0.29) is 11.6 Å². The Balaban J connectivity index is 1.45. The maximum atomic E-state index is 12.7.